The van der Waals surface area contributed by atoms with E-state index >= 15 is 0 Å². The lowest BCUT2D eigenvalue weighted by molar-refractivity contribution is -0.155. The fraction of sp³-hybridized carbons (Fsp3) is 0.520. The number of furan rings is 1. The van der Waals surface area contributed by atoms with Crippen LogP contribution < -0.4 is 0 Å². The predicted molar refractivity (Wildman–Crippen MR) is 118 cm³/mol. The summed E-state index contributed by atoms with van der Waals surface area (Å²) in [5, 5.41) is 0. The Hall–Kier alpha value is -3.40. The van der Waals surface area contributed by atoms with Crippen molar-refractivity contribution in [1.29, 1.82) is 0 Å². The van der Waals surface area contributed by atoms with Crippen LogP contribution in [0.2, 0.25) is 0 Å². The summed E-state index contributed by atoms with van der Waals surface area (Å²) in [6, 6.07) is 1.79. The van der Waals surface area contributed by atoms with Gasteiger partial charge in [-0.3, -0.25) is 9.59 Å². The van der Waals surface area contributed by atoms with Gasteiger partial charge in [0.1, 0.15) is 35.4 Å². The van der Waals surface area contributed by atoms with Gasteiger partial charge in [0.05, 0.1) is 12.7 Å². The van der Waals surface area contributed by atoms with E-state index in [-0.39, 0.29) is 17.6 Å². The van der Waals surface area contributed by atoms with Gasteiger partial charge in [0.15, 0.2) is 6.10 Å². The fourth-order valence-corrected chi connectivity index (χ4v) is 4.83. The molecule has 4 heterocycles. The van der Waals surface area contributed by atoms with E-state index < -0.39 is 59.8 Å². The Balaban J connectivity index is 1.88. The van der Waals surface area contributed by atoms with Gasteiger partial charge in [-0.1, -0.05) is 6.58 Å². The first kappa shape index (κ1) is 24.7. The lowest BCUT2D eigenvalue weighted by Crippen LogP contribution is -2.32. The number of carbonyl (C=O) groups excluding carboxylic acids is 4. The van der Waals surface area contributed by atoms with Gasteiger partial charge >= 0.3 is 23.9 Å². The number of methoxy groups -OCH3 is 1. The number of ether oxygens (including phenoxy) is 5. The SMILES string of the molecule is C=C(C(=O)OC)C1C[C@@H](OC(C)=O)C2=C[C@H](C[C@@]3(C)O[C@@H]3c3cc(C)c(o3)[C@H]1OC(C)=O)OC2=O. The number of esters is 4. The third kappa shape index (κ3) is 4.75. The van der Waals surface area contributed by atoms with Crippen molar-refractivity contribution < 1.29 is 47.3 Å². The Kier molecular flexibility index (Phi) is 6.35. The average Bonchev–Trinajstić information content (AvgIpc) is 3.08. The summed E-state index contributed by atoms with van der Waals surface area (Å²) in [6.45, 7) is 9.96. The Bertz CT molecular complexity index is 1130. The number of hydrogen-bond donors (Lipinski definition) is 0. The van der Waals surface area contributed by atoms with Crippen LogP contribution in [0.5, 0.6) is 0 Å². The zero-order valence-electron chi connectivity index (χ0n) is 20.2. The smallest absolute Gasteiger partial charge is 0.338 e. The van der Waals surface area contributed by atoms with Crippen molar-refractivity contribution in [3.8, 4) is 0 Å². The number of aryl methyl sites for hydroxylation is 1. The minimum absolute atomic E-state index is 0.0425. The second kappa shape index (κ2) is 8.99. The normalized spacial score (nSPS) is 31.4. The van der Waals surface area contributed by atoms with E-state index in [0.717, 1.165) is 0 Å². The van der Waals surface area contributed by atoms with Gasteiger partial charge in [-0.25, -0.2) is 9.59 Å². The second-order valence-electron chi connectivity index (χ2n) is 9.26. The summed E-state index contributed by atoms with van der Waals surface area (Å²) in [5.41, 5.74) is 0.0991. The molecule has 1 fully saturated rings. The molecule has 10 nitrogen and oxygen atoms in total. The molecule has 10 heteroatoms. The molecule has 1 saturated heterocycles. The van der Waals surface area contributed by atoms with E-state index in [2.05, 4.69) is 6.58 Å². The summed E-state index contributed by atoms with van der Waals surface area (Å²) in [6.07, 6.45) is -1.38. The third-order valence-electron chi connectivity index (χ3n) is 6.52. The van der Waals surface area contributed by atoms with Crippen LogP contribution in [-0.2, 0) is 42.9 Å². The molecule has 35 heavy (non-hydrogen) atoms. The van der Waals surface area contributed by atoms with Crippen LogP contribution in [0.25, 0.3) is 0 Å². The van der Waals surface area contributed by atoms with Gasteiger partial charge in [0, 0.05) is 38.2 Å². The molecule has 0 saturated carbocycles. The molecule has 4 rings (SSSR count). The second-order valence-corrected chi connectivity index (χ2v) is 9.26. The van der Waals surface area contributed by atoms with Gasteiger partial charge in [0.25, 0.3) is 0 Å². The molecule has 188 valence electrons. The monoisotopic (exact) mass is 488 g/mol. The zero-order valence-corrected chi connectivity index (χ0v) is 20.2. The lowest BCUT2D eigenvalue weighted by atomic mass is 9.84. The maximum atomic E-state index is 12.8. The largest absolute Gasteiger partial charge is 0.466 e. The number of epoxide rings is 1. The first-order valence-corrected chi connectivity index (χ1v) is 11.3. The molecule has 0 radical (unpaired) electrons. The Morgan fingerprint density at radius 3 is 2.49 bits per heavy atom. The fourth-order valence-electron chi connectivity index (χ4n) is 4.83. The summed E-state index contributed by atoms with van der Waals surface area (Å²) in [7, 11) is 1.19. The number of hydrogen-bond acceptors (Lipinski definition) is 10. The van der Waals surface area contributed by atoms with E-state index in [0.29, 0.717) is 23.5 Å². The lowest BCUT2D eigenvalue weighted by Gasteiger charge is -2.29. The van der Waals surface area contributed by atoms with Crippen LogP contribution >= 0.6 is 0 Å². The number of carbonyl (C=O) groups is 4. The molecule has 0 amide bonds. The highest BCUT2D eigenvalue weighted by atomic mass is 16.6. The van der Waals surface area contributed by atoms with Crippen LogP contribution in [0.4, 0.5) is 0 Å². The third-order valence-corrected chi connectivity index (χ3v) is 6.52. The van der Waals surface area contributed by atoms with E-state index in [4.69, 9.17) is 28.1 Å². The number of rotatable bonds is 4. The van der Waals surface area contributed by atoms with Crippen molar-refractivity contribution >= 4 is 23.9 Å². The Morgan fingerprint density at radius 1 is 1.17 bits per heavy atom. The molecular formula is C25H28O10. The van der Waals surface area contributed by atoms with Crippen molar-refractivity contribution in [2.45, 2.75) is 70.6 Å². The number of fused-ring (bicyclic) bond motifs is 5. The first-order chi connectivity index (χ1) is 16.4. The van der Waals surface area contributed by atoms with Gasteiger partial charge < -0.3 is 28.1 Å². The minimum Gasteiger partial charge on any atom is -0.466 e. The summed E-state index contributed by atoms with van der Waals surface area (Å²) >= 11 is 0. The molecule has 1 aromatic heterocycles. The minimum atomic E-state index is -1.12. The highest BCUT2D eigenvalue weighted by molar-refractivity contribution is 5.93. The molecule has 0 aliphatic carbocycles. The predicted octanol–water partition coefficient (Wildman–Crippen LogP) is 2.94. The first-order valence-electron chi connectivity index (χ1n) is 11.3. The van der Waals surface area contributed by atoms with Gasteiger partial charge in [-0.05, 0) is 31.6 Å². The van der Waals surface area contributed by atoms with Crippen molar-refractivity contribution in [2.24, 2.45) is 5.92 Å². The average molecular weight is 488 g/mol. The maximum absolute atomic E-state index is 12.8. The Morgan fingerprint density at radius 2 is 1.86 bits per heavy atom. The van der Waals surface area contributed by atoms with Crippen LogP contribution in [-0.4, -0.2) is 48.8 Å². The van der Waals surface area contributed by atoms with Gasteiger partial charge in [0.2, 0.25) is 0 Å². The molecule has 6 atom stereocenters. The van der Waals surface area contributed by atoms with Crippen molar-refractivity contribution in [1.82, 2.24) is 0 Å². The highest BCUT2D eigenvalue weighted by Gasteiger charge is 2.57. The summed E-state index contributed by atoms with van der Waals surface area (Å²) in [4.78, 5) is 49.4. The van der Waals surface area contributed by atoms with Crippen LogP contribution in [0.3, 0.4) is 0 Å². The summed E-state index contributed by atoms with van der Waals surface area (Å²) < 4.78 is 33.6. The maximum Gasteiger partial charge on any atom is 0.338 e. The molecule has 0 spiro atoms. The Labute approximate surface area is 202 Å². The molecule has 1 aromatic rings. The van der Waals surface area contributed by atoms with Gasteiger partial charge in [-0.15, -0.1) is 0 Å². The molecule has 3 aliphatic rings. The van der Waals surface area contributed by atoms with E-state index in [9.17, 15) is 19.2 Å². The van der Waals surface area contributed by atoms with E-state index in [1.54, 1.807) is 19.1 Å². The van der Waals surface area contributed by atoms with Crippen molar-refractivity contribution in [3.05, 3.63) is 47.0 Å². The standard InChI is InChI=1S/C25H28O10/c1-11-7-19-22-25(5,35-22)10-15-8-17(24(29)33-15)18(31-13(3)26)9-16(12(2)23(28)30-6)21(20(11)34-19)32-14(4)27/h7-8,15-16,18,21-22H,2,9-10H2,1,3-6H3/t15-,16?,18-,21+,22-,25-/m1/s1. The highest BCUT2D eigenvalue weighted by Crippen LogP contribution is 2.55. The molecular weight excluding hydrogens is 460 g/mol. The van der Waals surface area contributed by atoms with Crippen LogP contribution in [0, 0.1) is 12.8 Å². The van der Waals surface area contributed by atoms with Crippen molar-refractivity contribution in [3.63, 3.8) is 0 Å². The molecule has 0 aromatic carbocycles. The van der Waals surface area contributed by atoms with Crippen molar-refractivity contribution in [2.75, 3.05) is 7.11 Å². The van der Waals surface area contributed by atoms with Crippen LogP contribution in [0.15, 0.2) is 34.3 Å². The topological polar surface area (TPSA) is 131 Å². The quantitative estimate of drug-likeness (QED) is 0.270. The molecule has 0 N–H and O–H groups in total. The van der Waals surface area contributed by atoms with Gasteiger partial charge in [-0.2, -0.15) is 0 Å². The molecule has 3 aliphatic heterocycles. The zero-order chi connectivity index (χ0) is 25.7. The van der Waals surface area contributed by atoms with E-state index in [1.165, 1.54) is 21.0 Å². The van der Waals surface area contributed by atoms with E-state index in [1.807, 2.05) is 6.92 Å². The summed E-state index contributed by atoms with van der Waals surface area (Å²) in [5.74, 6) is -2.81. The molecule has 4 bridgehead atoms. The molecule has 1 unspecified atom stereocenters. The van der Waals surface area contributed by atoms with Crippen LogP contribution in [0.1, 0.15) is 62.9 Å².